The smallest absolute Gasteiger partial charge is 0.191 e. The molecular weight excluding hydrogens is 260 g/mol. The van der Waals surface area contributed by atoms with Crippen LogP contribution in [0.15, 0.2) is 35.3 Å². The Morgan fingerprint density at radius 1 is 1.38 bits per heavy atom. The standard InChI is InChI=1S/C17H28N4/c1-13-10-16(13)20-17(18-3)19-11-14(2)21(4)12-15-8-6-5-7-9-15/h5-9,13-14,16H,10-12H2,1-4H3,(H2,18,19,20). The summed E-state index contributed by atoms with van der Waals surface area (Å²) >= 11 is 0. The van der Waals surface area contributed by atoms with Gasteiger partial charge in [0.15, 0.2) is 5.96 Å². The topological polar surface area (TPSA) is 39.7 Å². The number of hydrogen-bond donors (Lipinski definition) is 2. The van der Waals surface area contributed by atoms with Crippen molar-refractivity contribution in [1.29, 1.82) is 0 Å². The van der Waals surface area contributed by atoms with Gasteiger partial charge >= 0.3 is 0 Å². The molecule has 0 saturated heterocycles. The highest BCUT2D eigenvalue weighted by molar-refractivity contribution is 5.80. The van der Waals surface area contributed by atoms with E-state index in [1.54, 1.807) is 0 Å². The van der Waals surface area contributed by atoms with Crippen LogP contribution in [-0.4, -0.2) is 43.6 Å². The molecule has 4 heteroatoms. The molecule has 3 atom stereocenters. The van der Waals surface area contributed by atoms with E-state index in [0.717, 1.165) is 25.0 Å². The van der Waals surface area contributed by atoms with Crippen molar-refractivity contribution in [3.05, 3.63) is 35.9 Å². The van der Waals surface area contributed by atoms with Crippen LogP contribution in [0.3, 0.4) is 0 Å². The van der Waals surface area contributed by atoms with Gasteiger partial charge in [0.25, 0.3) is 0 Å². The van der Waals surface area contributed by atoms with Gasteiger partial charge in [-0.05, 0) is 31.9 Å². The fourth-order valence-electron chi connectivity index (χ4n) is 2.32. The lowest BCUT2D eigenvalue weighted by Gasteiger charge is -2.25. The zero-order chi connectivity index (χ0) is 15.2. The second-order valence-electron chi connectivity index (χ2n) is 6.17. The van der Waals surface area contributed by atoms with E-state index in [-0.39, 0.29) is 0 Å². The summed E-state index contributed by atoms with van der Waals surface area (Å²) < 4.78 is 0. The fraction of sp³-hybridized carbons (Fsp3) is 0.588. The monoisotopic (exact) mass is 288 g/mol. The van der Waals surface area contributed by atoms with Crippen LogP contribution in [0.5, 0.6) is 0 Å². The molecule has 0 spiro atoms. The van der Waals surface area contributed by atoms with Crippen molar-refractivity contribution in [3.8, 4) is 0 Å². The van der Waals surface area contributed by atoms with Crippen molar-refractivity contribution in [1.82, 2.24) is 15.5 Å². The van der Waals surface area contributed by atoms with Gasteiger partial charge in [0, 0.05) is 32.2 Å². The highest BCUT2D eigenvalue weighted by atomic mass is 15.2. The highest BCUT2D eigenvalue weighted by Crippen LogP contribution is 2.28. The molecule has 0 aliphatic heterocycles. The lowest BCUT2D eigenvalue weighted by Crippen LogP contribution is -2.45. The maximum Gasteiger partial charge on any atom is 0.191 e. The number of rotatable bonds is 6. The molecule has 1 aliphatic rings. The van der Waals surface area contributed by atoms with Gasteiger partial charge in [0.05, 0.1) is 0 Å². The summed E-state index contributed by atoms with van der Waals surface area (Å²) in [5.41, 5.74) is 1.35. The van der Waals surface area contributed by atoms with Crippen LogP contribution < -0.4 is 10.6 Å². The number of hydrogen-bond acceptors (Lipinski definition) is 2. The van der Waals surface area contributed by atoms with Crippen molar-refractivity contribution in [2.75, 3.05) is 20.6 Å². The highest BCUT2D eigenvalue weighted by Gasteiger charge is 2.33. The van der Waals surface area contributed by atoms with Gasteiger partial charge in [-0.1, -0.05) is 37.3 Å². The molecule has 4 nitrogen and oxygen atoms in total. The minimum Gasteiger partial charge on any atom is -0.355 e. The second kappa shape index (κ2) is 7.46. The average molecular weight is 288 g/mol. The van der Waals surface area contributed by atoms with Crippen LogP contribution in [0.25, 0.3) is 0 Å². The quantitative estimate of drug-likeness (QED) is 0.622. The van der Waals surface area contributed by atoms with E-state index >= 15 is 0 Å². The van der Waals surface area contributed by atoms with Crippen LogP contribution in [0.2, 0.25) is 0 Å². The van der Waals surface area contributed by atoms with Crippen LogP contribution in [0.4, 0.5) is 0 Å². The second-order valence-corrected chi connectivity index (χ2v) is 6.17. The largest absolute Gasteiger partial charge is 0.355 e. The summed E-state index contributed by atoms with van der Waals surface area (Å²) in [5, 5.41) is 6.88. The molecule has 1 aromatic carbocycles. The number of benzene rings is 1. The third kappa shape index (κ3) is 5.05. The zero-order valence-electron chi connectivity index (χ0n) is 13.6. The molecular formula is C17H28N4. The molecule has 0 amide bonds. The summed E-state index contributed by atoms with van der Waals surface area (Å²) in [7, 11) is 4.00. The molecule has 1 saturated carbocycles. The SMILES string of the molecule is CN=C(NCC(C)N(C)Cc1ccccc1)NC1CC1C. The van der Waals surface area contributed by atoms with Gasteiger partial charge in [-0.3, -0.25) is 9.89 Å². The van der Waals surface area contributed by atoms with Crippen molar-refractivity contribution in [3.63, 3.8) is 0 Å². The molecule has 1 aliphatic carbocycles. The fourth-order valence-corrected chi connectivity index (χ4v) is 2.32. The molecule has 0 bridgehead atoms. The Kier molecular flexibility index (Phi) is 5.62. The maximum atomic E-state index is 4.29. The third-order valence-electron chi connectivity index (χ3n) is 4.25. The Morgan fingerprint density at radius 3 is 2.62 bits per heavy atom. The van der Waals surface area contributed by atoms with E-state index in [0.29, 0.717) is 12.1 Å². The van der Waals surface area contributed by atoms with Crippen LogP contribution in [0, 0.1) is 5.92 Å². The minimum absolute atomic E-state index is 0.445. The Morgan fingerprint density at radius 2 is 2.05 bits per heavy atom. The lowest BCUT2D eigenvalue weighted by molar-refractivity contribution is 0.249. The Balaban J connectivity index is 1.73. The van der Waals surface area contributed by atoms with E-state index in [4.69, 9.17) is 0 Å². The van der Waals surface area contributed by atoms with Gasteiger partial charge in [0.2, 0.25) is 0 Å². The van der Waals surface area contributed by atoms with E-state index in [9.17, 15) is 0 Å². The molecule has 116 valence electrons. The maximum absolute atomic E-state index is 4.29. The Labute approximate surface area is 128 Å². The van der Waals surface area contributed by atoms with Crippen LogP contribution >= 0.6 is 0 Å². The van der Waals surface area contributed by atoms with Gasteiger partial charge in [0.1, 0.15) is 0 Å². The number of likely N-dealkylation sites (N-methyl/N-ethyl adjacent to an activating group) is 1. The number of nitrogens with one attached hydrogen (secondary N) is 2. The van der Waals surface area contributed by atoms with Gasteiger partial charge in [-0.15, -0.1) is 0 Å². The molecule has 0 radical (unpaired) electrons. The summed E-state index contributed by atoms with van der Waals surface area (Å²) in [5.74, 6) is 1.70. The van der Waals surface area contributed by atoms with E-state index < -0.39 is 0 Å². The Bertz CT molecular complexity index is 457. The lowest BCUT2D eigenvalue weighted by atomic mass is 10.2. The normalized spacial score (nSPS) is 23.0. The van der Waals surface area contributed by atoms with Crippen molar-refractivity contribution >= 4 is 5.96 Å². The molecule has 0 heterocycles. The number of guanidine groups is 1. The first kappa shape index (κ1) is 15.8. The molecule has 1 fully saturated rings. The van der Waals surface area contributed by atoms with Crippen molar-refractivity contribution in [2.45, 2.75) is 38.9 Å². The molecule has 2 N–H and O–H groups in total. The molecule has 3 unspecified atom stereocenters. The summed E-state index contributed by atoms with van der Waals surface area (Å²) in [6, 6.07) is 11.6. The van der Waals surface area contributed by atoms with Gasteiger partial charge < -0.3 is 10.6 Å². The molecule has 1 aromatic rings. The molecule has 2 rings (SSSR count). The van der Waals surface area contributed by atoms with Crippen LogP contribution in [0.1, 0.15) is 25.8 Å². The average Bonchev–Trinajstić information content (AvgIpc) is 3.19. The molecule has 0 aromatic heterocycles. The number of nitrogens with zero attached hydrogens (tertiary/aromatic N) is 2. The predicted molar refractivity (Wildman–Crippen MR) is 89.4 cm³/mol. The van der Waals surface area contributed by atoms with Gasteiger partial charge in [-0.25, -0.2) is 0 Å². The van der Waals surface area contributed by atoms with E-state index in [2.05, 4.69) is 71.8 Å². The first-order valence-electron chi connectivity index (χ1n) is 7.81. The molecule has 21 heavy (non-hydrogen) atoms. The van der Waals surface area contributed by atoms with E-state index in [1.807, 2.05) is 7.05 Å². The first-order chi connectivity index (χ1) is 10.1. The summed E-state index contributed by atoms with van der Waals surface area (Å²) in [4.78, 5) is 6.65. The zero-order valence-corrected chi connectivity index (χ0v) is 13.6. The summed E-state index contributed by atoms with van der Waals surface area (Å²) in [6.45, 7) is 6.36. The van der Waals surface area contributed by atoms with Gasteiger partial charge in [-0.2, -0.15) is 0 Å². The third-order valence-corrected chi connectivity index (χ3v) is 4.25. The Hall–Kier alpha value is -1.55. The first-order valence-corrected chi connectivity index (χ1v) is 7.81. The predicted octanol–water partition coefficient (Wildman–Crippen LogP) is 2.08. The van der Waals surface area contributed by atoms with Crippen LogP contribution in [-0.2, 0) is 6.54 Å². The van der Waals surface area contributed by atoms with Crippen molar-refractivity contribution in [2.24, 2.45) is 10.9 Å². The number of aliphatic imine (C=N–C) groups is 1. The van der Waals surface area contributed by atoms with Crippen molar-refractivity contribution < 1.29 is 0 Å². The summed E-state index contributed by atoms with van der Waals surface area (Å²) in [6.07, 6.45) is 1.25. The van der Waals surface area contributed by atoms with E-state index in [1.165, 1.54) is 12.0 Å². The minimum atomic E-state index is 0.445.